The molecule has 4 N–H and O–H groups in total. The minimum atomic E-state index is -0.293. The average molecular weight is 656 g/mol. The van der Waals surface area contributed by atoms with Gasteiger partial charge in [-0.15, -0.1) is 0 Å². The Bertz CT molecular complexity index is 1760. The lowest BCUT2D eigenvalue weighted by atomic mass is 9.89. The maximum atomic E-state index is 15.9. The predicted octanol–water partition coefficient (Wildman–Crippen LogP) is 4.80. The van der Waals surface area contributed by atoms with E-state index in [4.69, 9.17) is 26.3 Å². The normalized spacial score (nSPS) is 20.4. The number of piperidine rings is 1. The third-order valence-corrected chi connectivity index (χ3v) is 10.8. The Morgan fingerprint density at radius 1 is 1.02 bits per heavy atom. The van der Waals surface area contributed by atoms with Crippen LogP contribution in [0.2, 0.25) is 0 Å². The van der Waals surface area contributed by atoms with Gasteiger partial charge in [-0.3, -0.25) is 9.88 Å². The molecule has 1 aromatic carbocycles. The molecule has 3 fully saturated rings. The van der Waals surface area contributed by atoms with Gasteiger partial charge in [-0.05, 0) is 76.3 Å². The summed E-state index contributed by atoms with van der Waals surface area (Å²) in [6.45, 7) is 9.79. The lowest BCUT2D eigenvalue weighted by Gasteiger charge is -2.42. The number of pyridine rings is 2. The number of likely N-dealkylation sites (N-methyl/N-ethyl adjacent to an activating group) is 1. The number of rotatable bonds is 8. The molecule has 4 aromatic rings. The van der Waals surface area contributed by atoms with Gasteiger partial charge >= 0.3 is 0 Å². The van der Waals surface area contributed by atoms with Crippen LogP contribution in [0.25, 0.3) is 27.8 Å². The van der Waals surface area contributed by atoms with E-state index in [0.717, 1.165) is 118 Å². The van der Waals surface area contributed by atoms with Gasteiger partial charge in [-0.25, -0.2) is 15.2 Å². The van der Waals surface area contributed by atoms with E-state index in [-0.39, 0.29) is 11.9 Å². The van der Waals surface area contributed by atoms with Crippen LogP contribution in [-0.2, 0) is 4.74 Å². The first kappa shape index (κ1) is 32.8. The fourth-order valence-electron chi connectivity index (χ4n) is 8.16. The average Bonchev–Trinajstić information content (AvgIpc) is 3.41. The Kier molecular flexibility index (Phi) is 9.55. The summed E-state index contributed by atoms with van der Waals surface area (Å²) < 4.78 is 23.8. The molecule has 0 aliphatic carbocycles. The van der Waals surface area contributed by atoms with Gasteiger partial charge in [0.05, 0.1) is 22.8 Å². The molecule has 0 spiro atoms. The number of hydrogen-bond acceptors (Lipinski definition) is 9. The quantitative estimate of drug-likeness (QED) is 0.205. The third-order valence-electron chi connectivity index (χ3n) is 10.8. The molecule has 3 aliphatic rings. The zero-order chi connectivity index (χ0) is 33.4. The zero-order valence-electron chi connectivity index (χ0n) is 28.6. The molecular weight excluding hydrogens is 605 g/mol. The maximum Gasteiger partial charge on any atom is 0.145 e. The lowest BCUT2D eigenvalue weighted by molar-refractivity contribution is 0.0608. The van der Waals surface area contributed by atoms with Gasteiger partial charge in [-0.1, -0.05) is 18.2 Å². The summed E-state index contributed by atoms with van der Waals surface area (Å²) >= 11 is 0. The first-order valence-corrected chi connectivity index (χ1v) is 17.5. The van der Waals surface area contributed by atoms with Gasteiger partial charge in [0.2, 0.25) is 0 Å². The van der Waals surface area contributed by atoms with Gasteiger partial charge in [0.1, 0.15) is 17.3 Å². The van der Waals surface area contributed by atoms with Crippen LogP contribution in [0.1, 0.15) is 56.2 Å². The largest absolute Gasteiger partial charge is 0.401 e. The first-order valence-electron chi connectivity index (χ1n) is 17.5. The highest BCUT2D eigenvalue weighted by molar-refractivity contribution is 6.05. The van der Waals surface area contributed by atoms with Crippen molar-refractivity contribution in [1.29, 1.82) is 0 Å². The fraction of sp³-hybridized carbons (Fsp3) is 0.514. The number of hydrazine groups is 1. The van der Waals surface area contributed by atoms with Crippen molar-refractivity contribution >= 4 is 33.6 Å². The molecule has 3 aromatic heterocycles. The SMILES string of the molecule is C/C(N)=C(\c1cnc2c3ccc(N4CCC(N5CCN(C)CC5)CC4)nc3n(C(CC3CCOCC3)c3ccccc3F)c2c1)N(C)N. The lowest BCUT2D eigenvalue weighted by Crippen LogP contribution is -2.52. The van der Waals surface area contributed by atoms with Crippen molar-refractivity contribution in [1.82, 2.24) is 29.3 Å². The highest BCUT2D eigenvalue weighted by Gasteiger charge is 2.31. The number of benzene rings is 1. The van der Waals surface area contributed by atoms with Gasteiger partial charge in [-0.2, -0.15) is 0 Å². The van der Waals surface area contributed by atoms with Gasteiger partial charge in [0, 0.05) is 94.0 Å². The van der Waals surface area contributed by atoms with E-state index >= 15 is 4.39 Å². The Labute approximate surface area is 283 Å². The standard InChI is InChI=1S/C37H50FN9O/c1-25(39)36(44(3)40)27-23-33-35(41-24-27)30-8-9-34(46-14-10-28(11-15-46)45-18-16-43(2)17-19-45)42-37(30)47(33)32(22-26-12-20-48-21-13-26)29-6-4-5-7-31(29)38/h4-9,23-24,26,28,32H,10-22,39-40H2,1-3H3/b36-25-. The summed E-state index contributed by atoms with van der Waals surface area (Å²) in [5.74, 6) is 7.40. The molecule has 10 nitrogen and oxygen atoms in total. The van der Waals surface area contributed by atoms with Crippen molar-refractivity contribution in [3.05, 3.63) is 71.3 Å². The van der Waals surface area contributed by atoms with E-state index in [1.54, 1.807) is 19.2 Å². The smallest absolute Gasteiger partial charge is 0.145 e. The second-order valence-electron chi connectivity index (χ2n) is 14.0. The summed E-state index contributed by atoms with van der Waals surface area (Å²) in [5, 5.41) is 2.49. The summed E-state index contributed by atoms with van der Waals surface area (Å²) in [6, 6.07) is 13.9. The van der Waals surface area contributed by atoms with Crippen LogP contribution >= 0.6 is 0 Å². The van der Waals surface area contributed by atoms with E-state index in [1.165, 1.54) is 5.01 Å². The van der Waals surface area contributed by atoms with E-state index in [1.807, 2.05) is 25.3 Å². The van der Waals surface area contributed by atoms with Crippen LogP contribution in [0.3, 0.4) is 0 Å². The molecule has 3 aliphatic heterocycles. The number of nitrogens with two attached hydrogens (primary N) is 2. The van der Waals surface area contributed by atoms with Crippen molar-refractivity contribution in [2.75, 3.05) is 71.5 Å². The number of anilines is 1. The molecule has 0 bridgehead atoms. The minimum absolute atomic E-state index is 0.212. The summed E-state index contributed by atoms with van der Waals surface area (Å²) in [7, 11) is 3.99. The van der Waals surface area contributed by atoms with Gasteiger partial charge in [0.25, 0.3) is 0 Å². The van der Waals surface area contributed by atoms with E-state index in [0.29, 0.717) is 28.9 Å². The molecule has 0 radical (unpaired) electrons. The summed E-state index contributed by atoms with van der Waals surface area (Å²) in [5.41, 5.74) is 11.6. The van der Waals surface area contributed by atoms with Gasteiger partial charge < -0.3 is 29.8 Å². The summed E-state index contributed by atoms with van der Waals surface area (Å²) in [4.78, 5) is 17.9. The minimum Gasteiger partial charge on any atom is -0.401 e. The van der Waals surface area contributed by atoms with E-state index < -0.39 is 0 Å². The van der Waals surface area contributed by atoms with Crippen molar-refractivity contribution in [3.8, 4) is 0 Å². The second kappa shape index (κ2) is 14.0. The van der Waals surface area contributed by atoms with Crippen LogP contribution < -0.4 is 16.5 Å². The zero-order valence-corrected chi connectivity index (χ0v) is 28.6. The number of nitrogens with zero attached hydrogens (tertiary/aromatic N) is 7. The Morgan fingerprint density at radius 3 is 2.44 bits per heavy atom. The van der Waals surface area contributed by atoms with Crippen molar-refractivity contribution in [2.24, 2.45) is 17.5 Å². The number of halogens is 1. The molecule has 48 heavy (non-hydrogen) atoms. The monoisotopic (exact) mass is 655 g/mol. The molecular formula is C37H50FN9O. The number of allylic oxidation sites excluding steroid dienone is 1. The topological polar surface area (TPSA) is 105 Å². The highest BCUT2D eigenvalue weighted by Crippen LogP contribution is 2.40. The molecule has 256 valence electrons. The molecule has 3 saturated heterocycles. The highest BCUT2D eigenvalue weighted by atomic mass is 19.1. The van der Waals surface area contributed by atoms with Crippen molar-refractivity contribution in [3.63, 3.8) is 0 Å². The summed E-state index contributed by atoms with van der Waals surface area (Å²) in [6.07, 6.45) is 6.74. The molecule has 11 heteroatoms. The van der Waals surface area contributed by atoms with Crippen LogP contribution in [0.15, 0.2) is 54.4 Å². The van der Waals surface area contributed by atoms with E-state index in [2.05, 4.69) is 44.5 Å². The first-order chi connectivity index (χ1) is 23.3. The fourth-order valence-corrected chi connectivity index (χ4v) is 8.16. The Balaban J connectivity index is 1.34. The van der Waals surface area contributed by atoms with Crippen LogP contribution in [0.4, 0.5) is 10.2 Å². The molecule has 6 heterocycles. The molecule has 1 atom stereocenters. The Morgan fingerprint density at radius 2 is 1.75 bits per heavy atom. The third kappa shape index (κ3) is 6.48. The number of piperazine rings is 1. The molecule has 7 rings (SSSR count). The van der Waals surface area contributed by atoms with Crippen LogP contribution in [-0.4, -0.2) is 102 Å². The molecule has 1 unspecified atom stereocenters. The van der Waals surface area contributed by atoms with Crippen LogP contribution in [0.5, 0.6) is 0 Å². The molecule has 0 saturated carbocycles. The van der Waals surface area contributed by atoms with Crippen molar-refractivity contribution < 1.29 is 9.13 Å². The molecule has 0 amide bonds. The number of hydrogen-bond donors (Lipinski definition) is 2. The number of aromatic nitrogens is 3. The van der Waals surface area contributed by atoms with Crippen molar-refractivity contribution in [2.45, 2.75) is 51.1 Å². The Hall–Kier alpha value is -3.77. The van der Waals surface area contributed by atoms with Gasteiger partial charge in [0.15, 0.2) is 0 Å². The second-order valence-corrected chi connectivity index (χ2v) is 14.0. The number of ether oxygens (including phenoxy) is 1. The van der Waals surface area contributed by atoms with Crippen LogP contribution in [0, 0.1) is 11.7 Å². The maximum absolute atomic E-state index is 15.9. The number of fused-ring (bicyclic) bond motifs is 3. The van der Waals surface area contributed by atoms with E-state index in [9.17, 15) is 0 Å². The predicted molar refractivity (Wildman–Crippen MR) is 191 cm³/mol.